The van der Waals surface area contributed by atoms with E-state index >= 15 is 0 Å². The number of carbonyl (C=O) groups is 1. The van der Waals surface area contributed by atoms with Crippen LogP contribution in [0.25, 0.3) is 0 Å². The zero-order valence-electron chi connectivity index (χ0n) is 12.5. The molecule has 0 amide bonds. The summed E-state index contributed by atoms with van der Waals surface area (Å²) in [5, 5.41) is 0. The molecule has 0 saturated heterocycles. The molecule has 0 aliphatic carbocycles. The van der Waals surface area contributed by atoms with Crippen LogP contribution in [0.15, 0.2) is 11.6 Å². The molecule has 0 aliphatic rings. The summed E-state index contributed by atoms with van der Waals surface area (Å²) < 4.78 is 0. The van der Waals surface area contributed by atoms with Gasteiger partial charge in [-0.25, -0.2) is 0 Å². The van der Waals surface area contributed by atoms with Crippen LogP contribution >= 0.6 is 0 Å². The van der Waals surface area contributed by atoms with Crippen molar-refractivity contribution in [1.29, 1.82) is 0 Å². The van der Waals surface area contributed by atoms with Crippen LogP contribution in [0.1, 0.15) is 67.2 Å². The molecule has 1 nitrogen and oxygen atoms in total. The van der Waals surface area contributed by atoms with Crippen molar-refractivity contribution in [1.82, 2.24) is 0 Å². The van der Waals surface area contributed by atoms with Gasteiger partial charge in [0.25, 0.3) is 0 Å². The largest absolute Gasteiger partial charge is 0.303 e. The van der Waals surface area contributed by atoms with Crippen molar-refractivity contribution in [3.05, 3.63) is 11.6 Å². The third-order valence-electron chi connectivity index (χ3n) is 3.38. The maximum Gasteiger partial charge on any atom is 0.122 e. The fourth-order valence-corrected chi connectivity index (χ4v) is 2.20. The predicted molar refractivity (Wildman–Crippen MR) is 76.1 cm³/mol. The number of carbonyl (C=O) groups excluding carboxylic acids is 1. The van der Waals surface area contributed by atoms with Gasteiger partial charge in [-0.2, -0.15) is 0 Å². The normalized spacial score (nSPS) is 16.4. The highest BCUT2D eigenvalue weighted by atomic mass is 16.1. The summed E-state index contributed by atoms with van der Waals surface area (Å²) in [6.07, 6.45) is 7.98. The monoisotopic (exact) mass is 238 g/mol. The van der Waals surface area contributed by atoms with Crippen LogP contribution in [0.5, 0.6) is 0 Å². The maximum absolute atomic E-state index is 10.8. The smallest absolute Gasteiger partial charge is 0.122 e. The minimum Gasteiger partial charge on any atom is -0.303 e. The fourth-order valence-electron chi connectivity index (χ4n) is 2.20. The van der Waals surface area contributed by atoms with E-state index in [1.807, 2.05) is 6.92 Å². The summed E-state index contributed by atoms with van der Waals surface area (Å²) in [4.78, 5) is 10.8. The lowest BCUT2D eigenvalue weighted by Gasteiger charge is -2.31. The van der Waals surface area contributed by atoms with Crippen molar-refractivity contribution in [3.63, 3.8) is 0 Å². The van der Waals surface area contributed by atoms with Gasteiger partial charge >= 0.3 is 0 Å². The van der Waals surface area contributed by atoms with Crippen molar-refractivity contribution >= 4 is 6.29 Å². The summed E-state index contributed by atoms with van der Waals surface area (Å²) >= 11 is 0. The van der Waals surface area contributed by atoms with E-state index in [0.29, 0.717) is 0 Å². The fraction of sp³-hybridized carbons (Fsp3) is 0.812. The lowest BCUT2D eigenvalue weighted by molar-refractivity contribution is -0.111. The minimum absolute atomic E-state index is 0.178. The van der Waals surface area contributed by atoms with Gasteiger partial charge in [-0.05, 0) is 44.4 Å². The summed E-state index contributed by atoms with van der Waals surface area (Å²) in [5.41, 5.74) is 1.65. The predicted octanol–water partition coefficient (Wildman–Crippen LogP) is 5.01. The highest BCUT2D eigenvalue weighted by Crippen LogP contribution is 2.36. The lowest BCUT2D eigenvalue weighted by atomic mass is 9.74. The Labute approximate surface area is 108 Å². The highest BCUT2D eigenvalue weighted by Gasteiger charge is 2.25. The van der Waals surface area contributed by atoms with Crippen LogP contribution in [-0.2, 0) is 4.79 Å². The van der Waals surface area contributed by atoms with Gasteiger partial charge in [-0.1, -0.05) is 45.8 Å². The molecular formula is C16H30O. The van der Waals surface area contributed by atoms with Crippen LogP contribution in [0, 0.1) is 17.3 Å². The minimum atomic E-state index is 0.178. The van der Waals surface area contributed by atoms with E-state index in [0.717, 1.165) is 25.0 Å². The molecule has 0 aromatic heterocycles. The number of allylic oxidation sites excluding steroid dienone is 2. The van der Waals surface area contributed by atoms with Crippen molar-refractivity contribution in [2.45, 2.75) is 67.2 Å². The molecule has 2 unspecified atom stereocenters. The number of aldehydes is 1. The first-order valence-electron chi connectivity index (χ1n) is 6.88. The van der Waals surface area contributed by atoms with Gasteiger partial charge in [0.15, 0.2) is 0 Å². The van der Waals surface area contributed by atoms with Crippen LogP contribution in [0.3, 0.4) is 0 Å². The van der Waals surface area contributed by atoms with Gasteiger partial charge < -0.3 is 4.79 Å². The maximum atomic E-state index is 10.8. The molecule has 1 heteroatoms. The van der Waals surface area contributed by atoms with E-state index in [9.17, 15) is 4.79 Å². The first-order chi connectivity index (χ1) is 7.79. The molecular weight excluding hydrogens is 208 g/mol. The van der Waals surface area contributed by atoms with Crippen LogP contribution < -0.4 is 0 Å². The third-order valence-corrected chi connectivity index (χ3v) is 3.38. The van der Waals surface area contributed by atoms with E-state index in [4.69, 9.17) is 0 Å². The molecule has 0 bridgehead atoms. The summed E-state index contributed by atoms with van der Waals surface area (Å²) in [6.45, 7) is 13.2. The average molecular weight is 238 g/mol. The summed E-state index contributed by atoms with van der Waals surface area (Å²) in [6, 6.07) is 0. The van der Waals surface area contributed by atoms with Crippen molar-refractivity contribution in [3.8, 4) is 0 Å². The second-order valence-electron chi connectivity index (χ2n) is 6.55. The van der Waals surface area contributed by atoms with Gasteiger partial charge in [0.1, 0.15) is 6.29 Å². The van der Waals surface area contributed by atoms with Crippen LogP contribution in [-0.4, -0.2) is 6.29 Å². The Hall–Kier alpha value is -0.590. The molecule has 0 heterocycles. The summed E-state index contributed by atoms with van der Waals surface area (Å²) in [5.74, 6) is 0.922. The van der Waals surface area contributed by atoms with Gasteiger partial charge in [0.05, 0.1) is 0 Å². The Morgan fingerprint density at radius 2 is 1.82 bits per heavy atom. The number of hydrogen-bond donors (Lipinski definition) is 0. The van der Waals surface area contributed by atoms with Gasteiger partial charge in [0.2, 0.25) is 0 Å². The molecule has 0 saturated carbocycles. The quantitative estimate of drug-likeness (QED) is 0.429. The van der Waals surface area contributed by atoms with Gasteiger partial charge in [-0.15, -0.1) is 0 Å². The van der Waals surface area contributed by atoms with Crippen molar-refractivity contribution in [2.24, 2.45) is 17.3 Å². The number of hydrogen-bond acceptors (Lipinski definition) is 1. The first-order valence-corrected chi connectivity index (χ1v) is 6.88. The van der Waals surface area contributed by atoms with E-state index in [2.05, 4.69) is 40.7 Å². The van der Waals surface area contributed by atoms with Crippen molar-refractivity contribution in [2.75, 3.05) is 0 Å². The highest BCUT2D eigenvalue weighted by molar-refractivity contribution is 5.52. The molecule has 100 valence electrons. The van der Waals surface area contributed by atoms with E-state index in [-0.39, 0.29) is 11.3 Å². The van der Waals surface area contributed by atoms with Gasteiger partial charge in [0, 0.05) is 5.92 Å². The Morgan fingerprint density at radius 3 is 2.24 bits per heavy atom. The molecule has 0 spiro atoms. The second kappa shape index (κ2) is 7.68. The molecule has 0 aliphatic heterocycles. The Kier molecular flexibility index (Phi) is 7.41. The zero-order valence-corrected chi connectivity index (χ0v) is 12.5. The molecule has 17 heavy (non-hydrogen) atoms. The standard InChI is InChI=1S/C16H30O/c1-13(2)7-9-16(6,10-8-14(3)4)11-15(5)12-17/h7,12,14-15H,8-11H2,1-6H3. The zero-order chi connectivity index (χ0) is 13.5. The lowest BCUT2D eigenvalue weighted by Crippen LogP contribution is -2.20. The van der Waals surface area contributed by atoms with E-state index in [1.54, 1.807) is 0 Å². The topological polar surface area (TPSA) is 17.1 Å². The van der Waals surface area contributed by atoms with Gasteiger partial charge in [-0.3, -0.25) is 0 Å². The molecule has 0 aromatic carbocycles. The van der Waals surface area contributed by atoms with E-state index < -0.39 is 0 Å². The number of rotatable bonds is 8. The molecule has 0 fully saturated rings. The Balaban J connectivity index is 4.55. The SMILES string of the molecule is CC(C)=CCC(C)(CCC(C)C)CC(C)C=O. The van der Waals surface area contributed by atoms with E-state index in [1.165, 1.54) is 18.4 Å². The average Bonchev–Trinajstić information content (AvgIpc) is 2.24. The third kappa shape index (κ3) is 8.18. The Morgan fingerprint density at radius 1 is 1.24 bits per heavy atom. The second-order valence-corrected chi connectivity index (χ2v) is 6.55. The first kappa shape index (κ1) is 16.4. The molecule has 0 rings (SSSR count). The molecule has 0 radical (unpaired) electrons. The van der Waals surface area contributed by atoms with Crippen molar-refractivity contribution < 1.29 is 4.79 Å². The summed E-state index contributed by atoms with van der Waals surface area (Å²) in [7, 11) is 0. The van der Waals surface area contributed by atoms with Crippen LogP contribution in [0.4, 0.5) is 0 Å². The van der Waals surface area contributed by atoms with Crippen LogP contribution in [0.2, 0.25) is 0 Å². The molecule has 0 aromatic rings. The Bertz CT molecular complexity index is 248. The molecule has 0 N–H and O–H groups in total. The molecule has 2 atom stereocenters.